The van der Waals surface area contributed by atoms with Gasteiger partial charge >= 0.3 is 0 Å². The highest BCUT2D eigenvalue weighted by atomic mass is 16.2. The number of likely N-dealkylation sites (N-methyl/N-ethyl adjacent to an activating group) is 1. The Bertz CT molecular complexity index is 322. The monoisotopic (exact) mass is 220 g/mol. The van der Waals surface area contributed by atoms with E-state index in [-0.39, 0.29) is 11.9 Å². The number of rotatable bonds is 5. The highest BCUT2D eigenvalue weighted by Crippen LogP contribution is 2.02. The molecule has 3 heteroatoms. The average molecular weight is 220 g/mol. The van der Waals surface area contributed by atoms with Gasteiger partial charge in [0.05, 0.1) is 0 Å². The van der Waals surface area contributed by atoms with Crippen molar-refractivity contribution in [3.63, 3.8) is 0 Å². The van der Waals surface area contributed by atoms with Crippen molar-refractivity contribution < 1.29 is 4.79 Å². The number of carbonyl (C=O) groups excluding carboxylic acids is 1. The lowest BCUT2D eigenvalue weighted by molar-refractivity contribution is -0.130. The summed E-state index contributed by atoms with van der Waals surface area (Å²) in [5.74, 6) is 0.117. The Morgan fingerprint density at radius 3 is 2.56 bits per heavy atom. The van der Waals surface area contributed by atoms with Gasteiger partial charge in [0.15, 0.2) is 0 Å². The average Bonchev–Trinajstić information content (AvgIpc) is 2.26. The molecule has 0 aromatic heterocycles. The van der Waals surface area contributed by atoms with Crippen molar-refractivity contribution >= 4 is 5.91 Å². The molecule has 0 aliphatic heterocycles. The molecule has 0 saturated heterocycles. The summed E-state index contributed by atoms with van der Waals surface area (Å²) in [4.78, 5) is 13.4. The molecule has 1 atom stereocenters. The van der Waals surface area contributed by atoms with Crippen LogP contribution in [0.25, 0.3) is 0 Å². The second kappa shape index (κ2) is 6.28. The first-order valence-electron chi connectivity index (χ1n) is 5.63. The predicted molar refractivity (Wildman–Crippen MR) is 66.0 cm³/mol. The Morgan fingerprint density at radius 1 is 1.38 bits per heavy atom. The van der Waals surface area contributed by atoms with E-state index in [1.807, 2.05) is 32.2 Å². The topological polar surface area (TPSA) is 46.3 Å². The van der Waals surface area contributed by atoms with Crippen molar-refractivity contribution in [3.8, 4) is 0 Å². The molecule has 0 heterocycles. The van der Waals surface area contributed by atoms with Crippen LogP contribution in [0.3, 0.4) is 0 Å². The number of hydrogen-bond acceptors (Lipinski definition) is 2. The van der Waals surface area contributed by atoms with Crippen LogP contribution in [-0.4, -0.2) is 30.4 Å². The summed E-state index contributed by atoms with van der Waals surface area (Å²) in [6.45, 7) is 2.60. The van der Waals surface area contributed by atoms with E-state index in [0.29, 0.717) is 6.42 Å². The van der Waals surface area contributed by atoms with E-state index in [2.05, 4.69) is 12.1 Å². The first-order chi connectivity index (χ1) is 7.59. The molecule has 2 N–H and O–H groups in total. The van der Waals surface area contributed by atoms with Crippen molar-refractivity contribution in [2.45, 2.75) is 25.8 Å². The van der Waals surface area contributed by atoms with E-state index in [1.54, 1.807) is 4.90 Å². The van der Waals surface area contributed by atoms with Gasteiger partial charge in [-0.05, 0) is 18.9 Å². The lowest BCUT2D eigenvalue weighted by atomic mass is 10.1. The highest BCUT2D eigenvalue weighted by Gasteiger charge is 2.10. The zero-order valence-electron chi connectivity index (χ0n) is 10.0. The van der Waals surface area contributed by atoms with Gasteiger partial charge in [-0.25, -0.2) is 0 Å². The van der Waals surface area contributed by atoms with Gasteiger partial charge in [0, 0.05) is 26.1 Å². The van der Waals surface area contributed by atoms with Crippen molar-refractivity contribution in [1.29, 1.82) is 0 Å². The van der Waals surface area contributed by atoms with Crippen molar-refractivity contribution in [2.75, 3.05) is 13.6 Å². The van der Waals surface area contributed by atoms with E-state index in [1.165, 1.54) is 5.56 Å². The number of amides is 1. The predicted octanol–water partition coefficient (Wildman–Crippen LogP) is 1.42. The van der Waals surface area contributed by atoms with Crippen molar-refractivity contribution in [1.82, 2.24) is 4.90 Å². The molecule has 0 saturated carbocycles. The molecule has 1 amide bonds. The van der Waals surface area contributed by atoms with E-state index in [0.717, 1.165) is 13.0 Å². The van der Waals surface area contributed by atoms with Crippen LogP contribution in [-0.2, 0) is 11.2 Å². The quantitative estimate of drug-likeness (QED) is 0.816. The first kappa shape index (κ1) is 12.7. The maximum atomic E-state index is 11.6. The van der Waals surface area contributed by atoms with Crippen LogP contribution in [0, 0.1) is 0 Å². The Balaban J connectivity index is 2.35. The normalized spacial score (nSPS) is 12.2. The summed E-state index contributed by atoms with van der Waals surface area (Å²) in [7, 11) is 1.83. The SMILES string of the molecule is CC(N)CC(=O)N(C)CCc1ccccc1. The molecule has 16 heavy (non-hydrogen) atoms. The smallest absolute Gasteiger partial charge is 0.223 e. The Hall–Kier alpha value is -1.35. The Kier molecular flexibility index (Phi) is 4.99. The third-order valence-electron chi connectivity index (χ3n) is 2.50. The molecule has 1 aromatic rings. The van der Waals surface area contributed by atoms with Gasteiger partial charge in [-0.3, -0.25) is 4.79 Å². The Labute approximate surface area is 97.2 Å². The molecule has 0 bridgehead atoms. The largest absolute Gasteiger partial charge is 0.345 e. The number of carbonyl (C=O) groups is 1. The van der Waals surface area contributed by atoms with Gasteiger partial charge < -0.3 is 10.6 Å². The van der Waals surface area contributed by atoms with Crippen LogP contribution in [0.1, 0.15) is 18.9 Å². The molecule has 1 aromatic carbocycles. The molecule has 0 aliphatic rings. The minimum atomic E-state index is -0.0633. The lowest BCUT2D eigenvalue weighted by Gasteiger charge is -2.18. The standard InChI is InChI=1S/C13H20N2O/c1-11(14)10-13(16)15(2)9-8-12-6-4-3-5-7-12/h3-7,11H,8-10,14H2,1-2H3. The van der Waals surface area contributed by atoms with Crippen LogP contribution in [0.4, 0.5) is 0 Å². The van der Waals surface area contributed by atoms with Gasteiger partial charge in [0.1, 0.15) is 0 Å². The van der Waals surface area contributed by atoms with Gasteiger partial charge in [0.25, 0.3) is 0 Å². The summed E-state index contributed by atoms with van der Waals surface area (Å²) in [5, 5.41) is 0. The van der Waals surface area contributed by atoms with Gasteiger partial charge in [-0.15, -0.1) is 0 Å². The molecular formula is C13H20N2O. The minimum absolute atomic E-state index is 0.0633. The zero-order chi connectivity index (χ0) is 12.0. The molecular weight excluding hydrogens is 200 g/mol. The summed E-state index contributed by atoms with van der Waals surface area (Å²) < 4.78 is 0. The molecule has 1 rings (SSSR count). The van der Waals surface area contributed by atoms with E-state index in [4.69, 9.17) is 5.73 Å². The van der Waals surface area contributed by atoms with Gasteiger partial charge in [-0.1, -0.05) is 30.3 Å². The van der Waals surface area contributed by atoms with Crippen LogP contribution in [0.5, 0.6) is 0 Å². The number of benzene rings is 1. The maximum Gasteiger partial charge on any atom is 0.223 e. The molecule has 88 valence electrons. The first-order valence-corrected chi connectivity index (χ1v) is 5.63. The van der Waals surface area contributed by atoms with Crippen LogP contribution in [0.2, 0.25) is 0 Å². The summed E-state index contributed by atoms with van der Waals surface area (Å²) in [6.07, 6.45) is 1.31. The molecule has 0 radical (unpaired) electrons. The number of hydrogen-bond donors (Lipinski definition) is 1. The number of nitrogens with zero attached hydrogens (tertiary/aromatic N) is 1. The second-order valence-corrected chi connectivity index (χ2v) is 4.23. The number of nitrogens with two attached hydrogens (primary N) is 1. The zero-order valence-corrected chi connectivity index (χ0v) is 10.0. The molecule has 3 nitrogen and oxygen atoms in total. The third kappa shape index (κ3) is 4.45. The summed E-state index contributed by atoms with van der Waals surface area (Å²) >= 11 is 0. The van der Waals surface area contributed by atoms with Crippen LogP contribution >= 0.6 is 0 Å². The fourth-order valence-electron chi connectivity index (χ4n) is 1.50. The van der Waals surface area contributed by atoms with Crippen LogP contribution < -0.4 is 5.73 Å². The van der Waals surface area contributed by atoms with Crippen molar-refractivity contribution in [3.05, 3.63) is 35.9 Å². The summed E-state index contributed by atoms with van der Waals surface area (Å²) in [5.41, 5.74) is 6.84. The minimum Gasteiger partial charge on any atom is -0.345 e. The molecule has 0 spiro atoms. The molecule has 0 fully saturated rings. The molecule has 0 aliphatic carbocycles. The highest BCUT2D eigenvalue weighted by molar-refractivity contribution is 5.76. The third-order valence-corrected chi connectivity index (χ3v) is 2.50. The van der Waals surface area contributed by atoms with E-state index in [9.17, 15) is 4.79 Å². The molecule has 1 unspecified atom stereocenters. The van der Waals surface area contributed by atoms with E-state index < -0.39 is 0 Å². The van der Waals surface area contributed by atoms with Crippen LogP contribution in [0.15, 0.2) is 30.3 Å². The fourth-order valence-corrected chi connectivity index (χ4v) is 1.50. The maximum absolute atomic E-state index is 11.6. The van der Waals surface area contributed by atoms with Gasteiger partial charge in [-0.2, -0.15) is 0 Å². The van der Waals surface area contributed by atoms with Gasteiger partial charge in [0.2, 0.25) is 5.91 Å². The Morgan fingerprint density at radius 2 is 2.00 bits per heavy atom. The second-order valence-electron chi connectivity index (χ2n) is 4.23. The van der Waals surface area contributed by atoms with Crippen molar-refractivity contribution in [2.24, 2.45) is 5.73 Å². The lowest BCUT2D eigenvalue weighted by Crippen LogP contribution is -2.33. The fraction of sp³-hybridized carbons (Fsp3) is 0.462. The summed E-state index contributed by atoms with van der Waals surface area (Å²) in [6, 6.07) is 10.1. The van der Waals surface area contributed by atoms with E-state index >= 15 is 0 Å².